The van der Waals surface area contributed by atoms with E-state index in [9.17, 15) is 14.4 Å². The van der Waals surface area contributed by atoms with Crippen LogP contribution in [-0.4, -0.2) is 28.7 Å². The molecule has 5 nitrogen and oxygen atoms in total. The number of carbonyl (C=O) groups is 3. The normalized spacial score (nSPS) is 21.0. The summed E-state index contributed by atoms with van der Waals surface area (Å²) in [7, 11) is 0. The third-order valence-corrected chi connectivity index (χ3v) is 4.30. The van der Waals surface area contributed by atoms with Crippen LogP contribution in [0.5, 0.6) is 0 Å². The molecule has 1 saturated heterocycles. The summed E-state index contributed by atoms with van der Waals surface area (Å²) in [6, 6.07) is 5.15. The van der Waals surface area contributed by atoms with Crippen LogP contribution < -0.4 is 5.32 Å². The Balaban J connectivity index is 1.91. The Morgan fingerprint density at radius 1 is 1.26 bits per heavy atom. The first-order valence-electron chi connectivity index (χ1n) is 7.88. The second-order valence-electron chi connectivity index (χ2n) is 6.57. The zero-order valence-corrected chi connectivity index (χ0v) is 13.4. The molecule has 1 aromatic carbocycles. The first-order valence-corrected chi connectivity index (χ1v) is 7.88. The lowest BCUT2D eigenvalue weighted by atomic mass is 9.98. The van der Waals surface area contributed by atoms with Crippen LogP contribution in [0.1, 0.15) is 48.2 Å². The number of benzene rings is 1. The molecule has 23 heavy (non-hydrogen) atoms. The molecule has 0 saturated carbocycles. The van der Waals surface area contributed by atoms with Gasteiger partial charge in [-0.25, -0.2) is 0 Å². The van der Waals surface area contributed by atoms with Gasteiger partial charge in [0.1, 0.15) is 6.04 Å². The Morgan fingerprint density at radius 2 is 2.00 bits per heavy atom. The quantitative estimate of drug-likeness (QED) is 0.869. The van der Waals surface area contributed by atoms with Crippen molar-refractivity contribution in [2.45, 2.75) is 39.2 Å². The fourth-order valence-corrected chi connectivity index (χ4v) is 3.26. The van der Waals surface area contributed by atoms with E-state index in [1.165, 1.54) is 4.90 Å². The van der Waals surface area contributed by atoms with Gasteiger partial charge in [-0.05, 0) is 30.4 Å². The van der Waals surface area contributed by atoms with E-state index < -0.39 is 11.9 Å². The molecule has 0 aromatic heterocycles. The number of piperidine rings is 1. The van der Waals surface area contributed by atoms with Gasteiger partial charge in [-0.15, -0.1) is 0 Å². The topological polar surface area (TPSA) is 66.5 Å². The van der Waals surface area contributed by atoms with E-state index >= 15 is 0 Å². The summed E-state index contributed by atoms with van der Waals surface area (Å²) in [6.07, 6.45) is 1.47. The van der Waals surface area contributed by atoms with Crippen molar-refractivity contribution in [3.63, 3.8) is 0 Å². The summed E-state index contributed by atoms with van der Waals surface area (Å²) in [6.45, 7) is 8.24. The van der Waals surface area contributed by atoms with Gasteiger partial charge in [0.25, 0.3) is 5.91 Å². The Labute approximate surface area is 135 Å². The fourth-order valence-electron chi connectivity index (χ4n) is 3.26. The van der Waals surface area contributed by atoms with E-state index in [1.54, 1.807) is 0 Å². The smallest absolute Gasteiger partial charge is 0.259 e. The molecular formula is C18H20N2O3. The molecule has 1 aromatic rings. The van der Waals surface area contributed by atoms with Crippen molar-refractivity contribution in [3.05, 3.63) is 41.5 Å². The van der Waals surface area contributed by atoms with Crippen LogP contribution in [0.4, 0.5) is 0 Å². The number of fused-ring (bicyclic) bond motifs is 1. The third-order valence-electron chi connectivity index (χ3n) is 4.30. The van der Waals surface area contributed by atoms with E-state index in [0.717, 1.165) is 17.5 Å². The van der Waals surface area contributed by atoms with Gasteiger partial charge < -0.3 is 0 Å². The highest BCUT2D eigenvalue weighted by Crippen LogP contribution is 2.35. The Hall–Kier alpha value is -2.43. The number of carbonyl (C=O) groups excluding carboxylic acids is 3. The number of hydrogen-bond acceptors (Lipinski definition) is 3. The lowest BCUT2D eigenvalue weighted by molar-refractivity contribution is -0.136. The molecule has 5 heteroatoms. The molecular weight excluding hydrogens is 292 g/mol. The van der Waals surface area contributed by atoms with E-state index in [2.05, 4.69) is 25.7 Å². The summed E-state index contributed by atoms with van der Waals surface area (Å²) in [4.78, 5) is 37.6. The monoisotopic (exact) mass is 312 g/mol. The minimum Gasteiger partial charge on any atom is -0.296 e. The minimum atomic E-state index is -0.659. The highest BCUT2D eigenvalue weighted by molar-refractivity contribution is 6.12. The zero-order valence-electron chi connectivity index (χ0n) is 13.4. The van der Waals surface area contributed by atoms with Crippen LogP contribution in [0.15, 0.2) is 24.8 Å². The Bertz CT molecular complexity index is 721. The van der Waals surface area contributed by atoms with Gasteiger partial charge >= 0.3 is 0 Å². The van der Waals surface area contributed by atoms with Gasteiger partial charge in [0.2, 0.25) is 11.8 Å². The number of nitrogens with zero attached hydrogens (tertiary/aromatic N) is 1. The summed E-state index contributed by atoms with van der Waals surface area (Å²) >= 11 is 0. The average molecular weight is 312 g/mol. The molecule has 3 rings (SSSR count). The van der Waals surface area contributed by atoms with Gasteiger partial charge in [-0.2, -0.15) is 0 Å². The molecule has 2 aliphatic heterocycles. The molecule has 1 unspecified atom stereocenters. The number of hydrogen-bond donors (Lipinski definition) is 1. The molecule has 0 aliphatic carbocycles. The second kappa shape index (κ2) is 5.65. The molecule has 1 N–H and O–H groups in total. The van der Waals surface area contributed by atoms with Crippen LogP contribution >= 0.6 is 0 Å². The van der Waals surface area contributed by atoms with E-state index in [-0.39, 0.29) is 18.2 Å². The van der Waals surface area contributed by atoms with Crippen LogP contribution in [0.3, 0.4) is 0 Å². The van der Waals surface area contributed by atoms with Crippen LogP contribution in [0.25, 0.3) is 5.70 Å². The molecule has 2 heterocycles. The van der Waals surface area contributed by atoms with Crippen molar-refractivity contribution < 1.29 is 14.4 Å². The molecule has 1 fully saturated rings. The summed E-state index contributed by atoms with van der Waals surface area (Å²) < 4.78 is 0. The van der Waals surface area contributed by atoms with Crippen molar-refractivity contribution in [1.82, 2.24) is 10.2 Å². The van der Waals surface area contributed by atoms with E-state index in [4.69, 9.17) is 0 Å². The maximum atomic E-state index is 12.8. The Morgan fingerprint density at radius 3 is 2.65 bits per heavy atom. The number of rotatable bonds is 3. The standard InChI is InChI=1S/C18H20N2O3/c1-10(2)8-12-4-5-13-11(3)20(18(23)14(13)9-12)15-6-7-16(21)19-17(15)22/h4-5,9-10,15H,3,6-8H2,1-2H3,(H,19,21,22). The number of amides is 3. The predicted molar refractivity (Wildman–Crippen MR) is 86.4 cm³/mol. The van der Waals surface area contributed by atoms with Crippen molar-refractivity contribution >= 4 is 23.4 Å². The highest BCUT2D eigenvalue weighted by atomic mass is 16.2. The SMILES string of the molecule is C=C1c2ccc(CC(C)C)cc2C(=O)N1C1CCC(=O)NC1=O. The number of imide groups is 1. The molecule has 1 atom stereocenters. The van der Waals surface area contributed by atoms with Gasteiger partial charge in [0.05, 0.1) is 0 Å². The first kappa shape index (κ1) is 15.5. The van der Waals surface area contributed by atoms with Crippen LogP contribution in [0.2, 0.25) is 0 Å². The van der Waals surface area contributed by atoms with Crippen molar-refractivity contribution in [2.24, 2.45) is 5.92 Å². The highest BCUT2D eigenvalue weighted by Gasteiger charge is 2.41. The summed E-state index contributed by atoms with van der Waals surface area (Å²) in [5.41, 5.74) is 3.01. The maximum absolute atomic E-state index is 12.8. The minimum absolute atomic E-state index is 0.204. The molecule has 2 aliphatic rings. The predicted octanol–water partition coefficient (Wildman–Crippen LogP) is 2.12. The Kier molecular flexibility index (Phi) is 3.80. The average Bonchev–Trinajstić information content (AvgIpc) is 2.71. The summed E-state index contributed by atoms with van der Waals surface area (Å²) in [5.74, 6) is -0.421. The third kappa shape index (κ3) is 2.67. The molecule has 3 amide bonds. The summed E-state index contributed by atoms with van der Waals surface area (Å²) in [5, 5.41) is 2.30. The first-order chi connectivity index (χ1) is 10.9. The number of nitrogens with one attached hydrogen (secondary N) is 1. The van der Waals surface area contributed by atoms with Crippen molar-refractivity contribution in [2.75, 3.05) is 0 Å². The molecule has 0 spiro atoms. The maximum Gasteiger partial charge on any atom is 0.259 e. The van der Waals surface area contributed by atoms with Crippen molar-refractivity contribution in [3.8, 4) is 0 Å². The lowest BCUT2D eigenvalue weighted by Crippen LogP contribution is -2.52. The lowest BCUT2D eigenvalue weighted by Gasteiger charge is -2.30. The van der Waals surface area contributed by atoms with Crippen LogP contribution in [0, 0.1) is 5.92 Å². The molecule has 120 valence electrons. The van der Waals surface area contributed by atoms with Crippen molar-refractivity contribution in [1.29, 1.82) is 0 Å². The van der Waals surface area contributed by atoms with E-state index in [0.29, 0.717) is 23.6 Å². The second-order valence-corrected chi connectivity index (χ2v) is 6.57. The van der Waals surface area contributed by atoms with Gasteiger partial charge in [0, 0.05) is 23.2 Å². The molecule has 0 radical (unpaired) electrons. The van der Waals surface area contributed by atoms with Crippen LogP contribution in [-0.2, 0) is 16.0 Å². The molecule has 0 bridgehead atoms. The zero-order chi connectivity index (χ0) is 16.7. The largest absolute Gasteiger partial charge is 0.296 e. The van der Waals surface area contributed by atoms with Gasteiger partial charge in [-0.3, -0.25) is 24.6 Å². The van der Waals surface area contributed by atoms with E-state index in [1.807, 2.05) is 18.2 Å². The fraction of sp³-hybridized carbons (Fsp3) is 0.389. The van der Waals surface area contributed by atoms with Gasteiger partial charge in [0.15, 0.2) is 0 Å². The van der Waals surface area contributed by atoms with Gasteiger partial charge in [-0.1, -0.05) is 32.6 Å².